The Hall–Kier alpha value is -1.72. The van der Waals surface area contributed by atoms with Gasteiger partial charge in [-0.3, -0.25) is 5.41 Å². The number of halogens is 2. The number of rotatable bonds is 4. The van der Waals surface area contributed by atoms with Crippen molar-refractivity contribution in [1.29, 1.82) is 5.41 Å². The molecule has 3 N–H and O–H groups in total. The van der Waals surface area contributed by atoms with Crippen molar-refractivity contribution in [3.05, 3.63) is 22.9 Å². The summed E-state index contributed by atoms with van der Waals surface area (Å²) in [5.74, 6) is -0.171. The maximum absolute atomic E-state index is 12.1. The number of nitrogens with two attached hydrogens (primary N) is 1. The van der Waals surface area contributed by atoms with E-state index in [4.69, 9.17) is 15.9 Å². The predicted molar refractivity (Wildman–Crippen MR) is 58.8 cm³/mol. The average molecular weight is 241 g/mol. The van der Waals surface area contributed by atoms with E-state index in [1.165, 1.54) is 0 Å². The van der Waals surface area contributed by atoms with Gasteiger partial charge in [0.15, 0.2) is 6.61 Å². The third-order valence-electron chi connectivity index (χ3n) is 2.65. The van der Waals surface area contributed by atoms with Gasteiger partial charge in [-0.25, -0.2) is 13.8 Å². The highest BCUT2D eigenvalue weighted by molar-refractivity contribution is 5.97. The van der Waals surface area contributed by atoms with E-state index in [0.29, 0.717) is 5.56 Å². The summed E-state index contributed by atoms with van der Waals surface area (Å²) in [5.41, 5.74) is 7.58. The third kappa shape index (κ3) is 2.51. The predicted octanol–water partition coefficient (Wildman–Crippen LogP) is 1.50. The fourth-order valence-corrected chi connectivity index (χ4v) is 1.90. The number of ether oxygens (including phenoxy) is 1. The molecule has 17 heavy (non-hydrogen) atoms. The van der Waals surface area contributed by atoms with Gasteiger partial charge in [0, 0.05) is 5.69 Å². The Morgan fingerprint density at radius 1 is 1.53 bits per heavy atom. The maximum atomic E-state index is 12.1. The first-order chi connectivity index (χ1) is 8.08. The number of nitrogens with one attached hydrogen (secondary N) is 1. The second-order valence-corrected chi connectivity index (χ2v) is 3.92. The van der Waals surface area contributed by atoms with Crippen LogP contribution in [0.3, 0.4) is 0 Å². The number of nitrogens with zero attached hydrogens (tertiary/aromatic N) is 1. The van der Waals surface area contributed by atoms with Gasteiger partial charge >= 0.3 is 0 Å². The molecule has 1 aliphatic rings. The van der Waals surface area contributed by atoms with Crippen LogP contribution in [0.2, 0.25) is 0 Å². The van der Waals surface area contributed by atoms with Crippen molar-refractivity contribution in [2.24, 2.45) is 5.73 Å². The molecule has 1 aromatic heterocycles. The van der Waals surface area contributed by atoms with Gasteiger partial charge in [-0.1, -0.05) is 0 Å². The van der Waals surface area contributed by atoms with Crippen LogP contribution in [0.1, 0.15) is 23.2 Å². The van der Waals surface area contributed by atoms with Crippen LogP contribution in [0.5, 0.6) is 5.88 Å². The van der Waals surface area contributed by atoms with Crippen molar-refractivity contribution < 1.29 is 13.5 Å². The molecule has 1 aromatic rings. The number of fused-ring (bicyclic) bond motifs is 1. The molecule has 92 valence electrons. The number of amidine groups is 1. The smallest absolute Gasteiger partial charge is 0.272 e. The summed E-state index contributed by atoms with van der Waals surface area (Å²) >= 11 is 0. The number of hydrogen-bond acceptors (Lipinski definition) is 3. The average Bonchev–Trinajstić information content (AvgIpc) is 2.71. The Morgan fingerprint density at radius 2 is 2.29 bits per heavy atom. The second kappa shape index (κ2) is 4.65. The van der Waals surface area contributed by atoms with Crippen molar-refractivity contribution in [2.45, 2.75) is 25.7 Å². The molecule has 1 heterocycles. The molecule has 4 nitrogen and oxygen atoms in total. The zero-order valence-electron chi connectivity index (χ0n) is 9.17. The summed E-state index contributed by atoms with van der Waals surface area (Å²) in [6.07, 6.45) is 0.124. The molecular formula is C11H13F2N3O. The lowest BCUT2D eigenvalue weighted by atomic mass is 10.1. The Morgan fingerprint density at radius 3 is 2.94 bits per heavy atom. The first-order valence-corrected chi connectivity index (χ1v) is 5.36. The number of hydrogen-bond donors (Lipinski definition) is 2. The molecule has 0 amide bonds. The molecule has 1 aliphatic carbocycles. The first kappa shape index (κ1) is 11.8. The molecule has 0 fully saturated rings. The minimum atomic E-state index is -2.56. The van der Waals surface area contributed by atoms with E-state index < -0.39 is 13.0 Å². The van der Waals surface area contributed by atoms with Crippen LogP contribution in [-0.4, -0.2) is 23.9 Å². The molecule has 0 saturated carbocycles. The van der Waals surface area contributed by atoms with Crippen molar-refractivity contribution in [2.75, 3.05) is 6.61 Å². The van der Waals surface area contributed by atoms with E-state index in [-0.39, 0.29) is 11.7 Å². The topological polar surface area (TPSA) is 72.0 Å². The van der Waals surface area contributed by atoms with Crippen molar-refractivity contribution in [3.63, 3.8) is 0 Å². The fourth-order valence-electron chi connectivity index (χ4n) is 1.90. The molecule has 0 bridgehead atoms. The van der Waals surface area contributed by atoms with Gasteiger partial charge in [-0.05, 0) is 30.9 Å². The third-order valence-corrected chi connectivity index (χ3v) is 2.65. The minimum absolute atomic E-state index is 0.0402. The zero-order valence-corrected chi connectivity index (χ0v) is 9.17. The molecule has 0 aromatic carbocycles. The highest BCUT2D eigenvalue weighted by atomic mass is 19.3. The Balaban J connectivity index is 2.31. The lowest BCUT2D eigenvalue weighted by Crippen LogP contribution is -2.17. The summed E-state index contributed by atoms with van der Waals surface area (Å²) in [7, 11) is 0. The number of pyridine rings is 1. The van der Waals surface area contributed by atoms with Crippen molar-refractivity contribution in [3.8, 4) is 5.88 Å². The fraction of sp³-hybridized carbons (Fsp3) is 0.455. The standard InChI is InChI=1S/C11H13F2N3O/c12-9(13)5-17-11-7(10(14)15)4-6-2-1-3-8(6)16-11/h4,9H,1-3,5H2,(H3,14,15). The monoisotopic (exact) mass is 241 g/mol. The van der Waals surface area contributed by atoms with Gasteiger partial charge in [0.05, 0.1) is 5.56 Å². The summed E-state index contributed by atoms with van der Waals surface area (Å²) < 4.78 is 29.1. The number of aromatic nitrogens is 1. The molecule has 0 spiro atoms. The van der Waals surface area contributed by atoms with E-state index in [2.05, 4.69) is 4.98 Å². The largest absolute Gasteiger partial charge is 0.471 e. The maximum Gasteiger partial charge on any atom is 0.272 e. The van der Waals surface area contributed by atoms with Crippen LogP contribution in [0.15, 0.2) is 6.07 Å². The molecule has 0 radical (unpaired) electrons. The van der Waals surface area contributed by atoms with Gasteiger partial charge in [-0.2, -0.15) is 0 Å². The number of nitrogen functional groups attached to an aromatic ring is 1. The lowest BCUT2D eigenvalue weighted by Gasteiger charge is -2.11. The van der Waals surface area contributed by atoms with Crippen LogP contribution in [0.25, 0.3) is 0 Å². The first-order valence-electron chi connectivity index (χ1n) is 5.36. The molecular weight excluding hydrogens is 228 g/mol. The van der Waals surface area contributed by atoms with E-state index in [1.54, 1.807) is 6.07 Å². The van der Waals surface area contributed by atoms with Gasteiger partial charge in [0.2, 0.25) is 5.88 Å². The summed E-state index contributed by atoms with van der Waals surface area (Å²) in [4.78, 5) is 4.17. The quantitative estimate of drug-likeness (QED) is 0.619. The summed E-state index contributed by atoms with van der Waals surface area (Å²) in [6.45, 7) is -0.730. The van der Waals surface area contributed by atoms with Crippen molar-refractivity contribution in [1.82, 2.24) is 4.98 Å². The van der Waals surface area contributed by atoms with Gasteiger partial charge in [0.25, 0.3) is 6.43 Å². The second-order valence-electron chi connectivity index (χ2n) is 3.92. The Bertz CT molecular complexity index is 449. The molecule has 0 atom stereocenters. The normalized spacial score (nSPS) is 13.8. The van der Waals surface area contributed by atoms with E-state index in [9.17, 15) is 8.78 Å². The molecule has 0 saturated heterocycles. The highest BCUT2D eigenvalue weighted by Crippen LogP contribution is 2.26. The number of alkyl halides is 2. The van der Waals surface area contributed by atoms with E-state index in [0.717, 1.165) is 30.5 Å². The zero-order chi connectivity index (χ0) is 12.4. The Labute approximate surface area is 97.3 Å². The Kier molecular flexibility index (Phi) is 3.21. The SMILES string of the molecule is N=C(N)c1cc2c(nc1OCC(F)F)CCC2. The van der Waals surface area contributed by atoms with Gasteiger partial charge in [-0.15, -0.1) is 0 Å². The summed E-state index contributed by atoms with van der Waals surface area (Å²) in [6, 6.07) is 1.72. The van der Waals surface area contributed by atoms with Gasteiger partial charge in [0.1, 0.15) is 5.84 Å². The van der Waals surface area contributed by atoms with E-state index in [1.807, 2.05) is 0 Å². The molecule has 6 heteroatoms. The molecule has 0 unspecified atom stereocenters. The van der Waals surface area contributed by atoms with Crippen LogP contribution in [-0.2, 0) is 12.8 Å². The number of aryl methyl sites for hydroxylation is 2. The van der Waals surface area contributed by atoms with Crippen LogP contribution >= 0.6 is 0 Å². The van der Waals surface area contributed by atoms with Crippen LogP contribution in [0.4, 0.5) is 8.78 Å². The van der Waals surface area contributed by atoms with Crippen LogP contribution in [0, 0.1) is 5.41 Å². The van der Waals surface area contributed by atoms with E-state index >= 15 is 0 Å². The highest BCUT2D eigenvalue weighted by Gasteiger charge is 2.19. The molecule has 2 rings (SSSR count). The van der Waals surface area contributed by atoms with Crippen LogP contribution < -0.4 is 10.5 Å². The summed E-state index contributed by atoms with van der Waals surface area (Å²) in [5, 5.41) is 7.39. The van der Waals surface area contributed by atoms with Crippen molar-refractivity contribution >= 4 is 5.84 Å². The lowest BCUT2D eigenvalue weighted by molar-refractivity contribution is 0.0794. The molecule has 0 aliphatic heterocycles. The minimum Gasteiger partial charge on any atom is -0.471 e. The van der Waals surface area contributed by atoms with Gasteiger partial charge < -0.3 is 10.5 Å².